The van der Waals surface area contributed by atoms with Gasteiger partial charge in [0.1, 0.15) is 5.75 Å². The number of aromatic nitrogens is 3. The number of hydrogen-bond donors (Lipinski definition) is 2. The lowest BCUT2D eigenvalue weighted by atomic mass is 10.1. The van der Waals surface area contributed by atoms with E-state index in [-0.39, 0.29) is 24.3 Å². The second-order valence-corrected chi connectivity index (χ2v) is 4.52. The maximum Gasteiger partial charge on any atom is 0.336 e. The fraction of sp³-hybridized carbons (Fsp3) is 0.357. The molecule has 0 saturated carbocycles. The maximum absolute atomic E-state index is 11.7. The monoisotopic (exact) mass is 290 g/mol. The predicted octanol–water partition coefficient (Wildman–Crippen LogP) is 1.84. The van der Waals surface area contributed by atoms with Gasteiger partial charge >= 0.3 is 6.01 Å². The smallest absolute Gasteiger partial charge is 0.336 e. The van der Waals surface area contributed by atoms with E-state index < -0.39 is 0 Å². The van der Waals surface area contributed by atoms with Gasteiger partial charge in [-0.15, -0.1) is 5.10 Å². The van der Waals surface area contributed by atoms with E-state index in [1.54, 1.807) is 0 Å². The largest absolute Gasteiger partial charge is 0.493 e. The highest BCUT2D eigenvalue weighted by Gasteiger charge is 2.08. The Balaban J connectivity index is 1.80. The highest BCUT2D eigenvalue weighted by molar-refractivity contribution is 5.88. The van der Waals surface area contributed by atoms with Crippen LogP contribution >= 0.6 is 0 Å². The Hall–Kier alpha value is -2.57. The van der Waals surface area contributed by atoms with Gasteiger partial charge in [0.25, 0.3) is 0 Å². The summed E-state index contributed by atoms with van der Waals surface area (Å²) in [7, 11) is 1.45. The molecule has 1 heterocycles. The third-order valence-corrected chi connectivity index (χ3v) is 3.05. The second-order valence-electron chi connectivity index (χ2n) is 4.52. The lowest BCUT2D eigenvalue weighted by Crippen LogP contribution is -2.16. The van der Waals surface area contributed by atoms with Gasteiger partial charge in [0.05, 0.1) is 20.1 Å². The number of aryl methyl sites for hydroxylation is 1. The van der Waals surface area contributed by atoms with Crippen LogP contribution in [-0.4, -0.2) is 34.8 Å². The third-order valence-electron chi connectivity index (χ3n) is 3.05. The molecule has 1 aromatic heterocycles. The zero-order chi connectivity index (χ0) is 15.2. The van der Waals surface area contributed by atoms with Gasteiger partial charge in [0.15, 0.2) is 0 Å². The number of nitrogens with zero attached hydrogens (tertiary/aromatic N) is 2. The molecule has 0 aliphatic rings. The lowest BCUT2D eigenvalue weighted by Gasteiger charge is -2.10. The van der Waals surface area contributed by atoms with Crippen molar-refractivity contribution in [1.82, 2.24) is 15.2 Å². The highest BCUT2D eigenvalue weighted by atomic mass is 16.5. The first-order valence-corrected chi connectivity index (χ1v) is 6.55. The second kappa shape index (κ2) is 6.74. The maximum atomic E-state index is 11.7. The van der Waals surface area contributed by atoms with E-state index in [0.29, 0.717) is 6.61 Å². The molecule has 0 unspecified atom stereocenters. The van der Waals surface area contributed by atoms with Crippen molar-refractivity contribution in [3.63, 3.8) is 0 Å². The molecule has 0 radical (unpaired) electrons. The summed E-state index contributed by atoms with van der Waals surface area (Å²) < 4.78 is 10.4. The molecular formula is C14H18N4O3. The fourth-order valence-corrected chi connectivity index (χ4v) is 1.72. The number of anilines is 1. The molecule has 2 aromatic rings. The first-order chi connectivity index (χ1) is 10.1. The van der Waals surface area contributed by atoms with E-state index >= 15 is 0 Å². The van der Waals surface area contributed by atoms with Crippen molar-refractivity contribution in [2.45, 2.75) is 20.3 Å². The number of hydrogen-bond acceptors (Lipinski definition) is 5. The first kappa shape index (κ1) is 14.8. The van der Waals surface area contributed by atoms with Crippen molar-refractivity contribution in [3.8, 4) is 11.8 Å². The van der Waals surface area contributed by atoms with Crippen LogP contribution in [-0.2, 0) is 4.79 Å². The van der Waals surface area contributed by atoms with Crippen LogP contribution in [0.4, 0.5) is 5.95 Å². The van der Waals surface area contributed by atoms with Crippen molar-refractivity contribution in [3.05, 3.63) is 29.3 Å². The zero-order valence-corrected chi connectivity index (χ0v) is 12.3. The number of carbonyl (C=O) groups is 1. The molecule has 2 rings (SSSR count). The molecule has 0 aliphatic heterocycles. The normalized spacial score (nSPS) is 10.2. The topological polar surface area (TPSA) is 89.1 Å². The standard InChI is InChI=1S/C14H18N4O3/c1-9-5-4-6-11(10(9)2)21-8-7-12(19)15-13-16-14(20-3)18-17-13/h4-6H,7-8H2,1-3H3,(H2,15,16,17,18,19). The molecule has 0 saturated heterocycles. The Morgan fingerprint density at radius 1 is 1.38 bits per heavy atom. The number of benzene rings is 1. The minimum atomic E-state index is -0.209. The fourth-order valence-electron chi connectivity index (χ4n) is 1.72. The molecule has 21 heavy (non-hydrogen) atoms. The number of H-pyrrole nitrogens is 1. The van der Waals surface area contributed by atoms with Gasteiger partial charge < -0.3 is 9.47 Å². The van der Waals surface area contributed by atoms with Crippen LogP contribution in [0.2, 0.25) is 0 Å². The summed E-state index contributed by atoms with van der Waals surface area (Å²) in [5.41, 5.74) is 2.24. The first-order valence-electron chi connectivity index (χ1n) is 6.55. The van der Waals surface area contributed by atoms with E-state index in [4.69, 9.17) is 9.47 Å². The van der Waals surface area contributed by atoms with Crippen LogP contribution in [0.3, 0.4) is 0 Å². The number of rotatable bonds is 6. The quantitative estimate of drug-likeness (QED) is 0.847. The molecule has 1 amide bonds. The van der Waals surface area contributed by atoms with E-state index in [9.17, 15) is 4.79 Å². The Labute approximate surface area is 122 Å². The Morgan fingerprint density at radius 3 is 2.90 bits per heavy atom. The Morgan fingerprint density at radius 2 is 2.19 bits per heavy atom. The van der Waals surface area contributed by atoms with Crippen molar-refractivity contribution in [1.29, 1.82) is 0 Å². The molecule has 0 spiro atoms. The number of amides is 1. The predicted molar refractivity (Wildman–Crippen MR) is 77.6 cm³/mol. The highest BCUT2D eigenvalue weighted by Crippen LogP contribution is 2.20. The average molecular weight is 290 g/mol. The van der Waals surface area contributed by atoms with Gasteiger partial charge in [-0.2, -0.15) is 4.98 Å². The molecular weight excluding hydrogens is 272 g/mol. The minimum absolute atomic E-state index is 0.178. The van der Waals surface area contributed by atoms with E-state index in [2.05, 4.69) is 20.5 Å². The molecule has 0 fully saturated rings. The number of methoxy groups -OCH3 is 1. The Bertz CT molecular complexity index is 624. The summed E-state index contributed by atoms with van der Waals surface area (Å²) >= 11 is 0. The zero-order valence-electron chi connectivity index (χ0n) is 12.3. The summed E-state index contributed by atoms with van der Waals surface area (Å²) in [5, 5.41) is 8.87. The summed E-state index contributed by atoms with van der Waals surface area (Å²) in [5.74, 6) is 0.840. The van der Waals surface area contributed by atoms with Crippen LogP contribution < -0.4 is 14.8 Å². The van der Waals surface area contributed by atoms with Crippen molar-refractivity contribution >= 4 is 11.9 Å². The van der Waals surface area contributed by atoms with Gasteiger partial charge in [-0.3, -0.25) is 10.1 Å². The molecule has 2 N–H and O–H groups in total. The minimum Gasteiger partial charge on any atom is -0.493 e. The summed E-state index contributed by atoms with van der Waals surface area (Å²) in [4.78, 5) is 15.6. The molecule has 0 bridgehead atoms. The summed E-state index contributed by atoms with van der Waals surface area (Å²) in [6.45, 7) is 4.30. The summed E-state index contributed by atoms with van der Waals surface area (Å²) in [6.07, 6.45) is 0.219. The lowest BCUT2D eigenvalue weighted by molar-refractivity contribution is -0.116. The molecule has 0 atom stereocenters. The van der Waals surface area contributed by atoms with Crippen LogP contribution in [0.5, 0.6) is 11.8 Å². The van der Waals surface area contributed by atoms with E-state index in [0.717, 1.165) is 16.9 Å². The summed E-state index contributed by atoms with van der Waals surface area (Å²) in [6, 6.07) is 6.02. The Kier molecular flexibility index (Phi) is 4.76. The van der Waals surface area contributed by atoms with E-state index in [1.165, 1.54) is 7.11 Å². The van der Waals surface area contributed by atoms with E-state index in [1.807, 2.05) is 32.0 Å². The molecule has 112 valence electrons. The third kappa shape index (κ3) is 3.95. The molecule has 7 heteroatoms. The number of carbonyl (C=O) groups excluding carboxylic acids is 1. The van der Waals surface area contributed by atoms with Crippen molar-refractivity contribution in [2.24, 2.45) is 0 Å². The SMILES string of the molecule is COc1n[nH]c(NC(=O)CCOc2cccc(C)c2C)n1. The average Bonchev–Trinajstić information content (AvgIpc) is 2.91. The molecule has 1 aromatic carbocycles. The molecule has 0 aliphatic carbocycles. The number of nitrogens with one attached hydrogen (secondary N) is 2. The van der Waals surface area contributed by atoms with Crippen LogP contribution in [0, 0.1) is 13.8 Å². The van der Waals surface area contributed by atoms with Gasteiger partial charge in [0, 0.05) is 0 Å². The number of ether oxygens (including phenoxy) is 2. The van der Waals surface area contributed by atoms with Gasteiger partial charge in [-0.25, -0.2) is 5.10 Å². The van der Waals surface area contributed by atoms with Crippen LogP contribution in [0.25, 0.3) is 0 Å². The molecule has 7 nitrogen and oxygen atoms in total. The van der Waals surface area contributed by atoms with Gasteiger partial charge in [0.2, 0.25) is 11.9 Å². The van der Waals surface area contributed by atoms with Crippen LogP contribution in [0.1, 0.15) is 17.5 Å². The van der Waals surface area contributed by atoms with Gasteiger partial charge in [-0.05, 0) is 31.0 Å². The van der Waals surface area contributed by atoms with Gasteiger partial charge in [-0.1, -0.05) is 12.1 Å². The van der Waals surface area contributed by atoms with Crippen molar-refractivity contribution < 1.29 is 14.3 Å². The van der Waals surface area contributed by atoms with Crippen molar-refractivity contribution in [2.75, 3.05) is 19.0 Å². The van der Waals surface area contributed by atoms with Crippen LogP contribution in [0.15, 0.2) is 18.2 Å². The number of aromatic amines is 1.